The van der Waals surface area contributed by atoms with Gasteiger partial charge in [-0.2, -0.15) is 5.26 Å². The first-order valence-electron chi connectivity index (χ1n) is 21.9. The van der Waals surface area contributed by atoms with Crippen LogP contribution >= 0.6 is 0 Å². The number of piperidine rings is 1. The minimum Gasteiger partial charge on any atom is -0.359 e. The van der Waals surface area contributed by atoms with Crippen LogP contribution in [0.2, 0.25) is 0 Å². The van der Waals surface area contributed by atoms with Crippen LogP contribution in [-0.4, -0.2) is 115 Å². The van der Waals surface area contributed by atoms with Gasteiger partial charge in [-0.15, -0.1) is 0 Å². The van der Waals surface area contributed by atoms with Gasteiger partial charge in [0.15, 0.2) is 0 Å². The fourth-order valence-electron chi connectivity index (χ4n) is 8.93. The molecule has 2 aliphatic rings. The molecule has 4 aromatic heterocycles. The summed E-state index contributed by atoms with van der Waals surface area (Å²) in [4.78, 5) is 109. The fourth-order valence-corrected chi connectivity index (χ4v) is 8.93. The highest BCUT2D eigenvalue weighted by atomic mass is 19.1. The second-order valence-electron chi connectivity index (χ2n) is 16.6. The average Bonchev–Trinajstić information content (AvgIpc) is 4.17. The second-order valence-corrected chi connectivity index (χ2v) is 16.6. The maximum absolute atomic E-state index is 17.0. The van der Waals surface area contributed by atoms with Gasteiger partial charge in [-0.1, -0.05) is 35.5 Å². The first-order valence-corrected chi connectivity index (χ1v) is 21.9. The lowest BCUT2D eigenvalue weighted by molar-refractivity contribution is -0.130. The van der Waals surface area contributed by atoms with Crippen LogP contribution in [0.4, 0.5) is 15.8 Å². The van der Waals surface area contributed by atoms with Gasteiger partial charge < -0.3 is 39.8 Å². The molecule has 3 aromatic carbocycles. The molecule has 0 saturated carbocycles. The number of benzene rings is 3. The van der Waals surface area contributed by atoms with Crippen LogP contribution in [0.25, 0.3) is 38.5 Å². The number of amides is 5. The SMILES string of the molecule is CC(=O)Nc1cc(-c2cccc(C(=O)N3CCN(C(=O)C(=O)c4c[nH]c5c(NC(=O)c6ccno6)cccc45)C(C)C3)c2)c(F)c2c(C(=O)C(=O)N3CCC(=C(C#N)c4ccccn4)CC3)c[nH]c12. The summed E-state index contributed by atoms with van der Waals surface area (Å²) in [6.45, 7) is 3.47. The number of pyridine rings is 1. The predicted molar refractivity (Wildman–Crippen MR) is 249 cm³/mol. The van der Waals surface area contributed by atoms with Gasteiger partial charge in [-0.05, 0) is 67.3 Å². The number of nitrogens with one attached hydrogen (secondary N) is 4. The number of para-hydroxylation sites is 1. The number of anilines is 2. The number of halogens is 1. The molecule has 2 aliphatic heterocycles. The van der Waals surface area contributed by atoms with E-state index < -0.39 is 53.0 Å². The van der Waals surface area contributed by atoms with Crippen LogP contribution in [0.15, 0.2) is 108 Å². The summed E-state index contributed by atoms with van der Waals surface area (Å²) in [6.07, 6.45) is 6.23. The Balaban J connectivity index is 0.911. The van der Waals surface area contributed by atoms with E-state index in [-0.39, 0.29) is 82.9 Å². The molecular weight excluding hydrogens is 888 g/mol. The van der Waals surface area contributed by atoms with E-state index in [2.05, 4.69) is 36.8 Å². The van der Waals surface area contributed by atoms with E-state index in [0.29, 0.717) is 40.7 Å². The number of likely N-dealkylation sites (tertiary alicyclic amines) is 1. The summed E-state index contributed by atoms with van der Waals surface area (Å²) in [5.41, 5.74) is 2.95. The van der Waals surface area contributed by atoms with E-state index in [1.54, 1.807) is 67.7 Å². The normalized spacial score (nSPS) is 14.9. The van der Waals surface area contributed by atoms with Crippen molar-refractivity contribution in [2.45, 2.75) is 32.7 Å². The highest BCUT2D eigenvalue weighted by Gasteiger charge is 2.35. The molecule has 69 heavy (non-hydrogen) atoms. The van der Waals surface area contributed by atoms with Crippen molar-refractivity contribution < 1.29 is 42.5 Å². The Morgan fingerprint density at radius 2 is 1.55 bits per heavy atom. The lowest BCUT2D eigenvalue weighted by atomic mass is 9.95. The van der Waals surface area contributed by atoms with Crippen molar-refractivity contribution in [1.82, 2.24) is 34.8 Å². The molecule has 9 rings (SSSR count). The van der Waals surface area contributed by atoms with E-state index in [9.17, 15) is 38.8 Å². The Morgan fingerprint density at radius 1 is 0.797 bits per heavy atom. The van der Waals surface area contributed by atoms with Crippen molar-refractivity contribution in [1.29, 1.82) is 5.26 Å². The van der Waals surface area contributed by atoms with Gasteiger partial charge >= 0.3 is 0 Å². The van der Waals surface area contributed by atoms with Crippen molar-refractivity contribution in [2.24, 2.45) is 0 Å². The molecule has 346 valence electrons. The zero-order valence-electron chi connectivity index (χ0n) is 37.1. The number of carbonyl (C=O) groups excluding carboxylic acids is 7. The first kappa shape index (κ1) is 45.1. The molecule has 2 saturated heterocycles. The first-order chi connectivity index (χ1) is 33.3. The minimum atomic E-state index is -0.971. The van der Waals surface area contributed by atoms with Crippen molar-refractivity contribution in [2.75, 3.05) is 43.4 Å². The lowest BCUT2D eigenvalue weighted by Gasteiger charge is -2.39. The monoisotopic (exact) mass is 928 g/mol. The van der Waals surface area contributed by atoms with Crippen LogP contribution < -0.4 is 10.6 Å². The Morgan fingerprint density at radius 3 is 2.26 bits per heavy atom. The standard InChI is InChI=1S/C50H41FN10O8/c1-27-26-60(19-20-61(27)50(68)45(63)35-24-54-43-32(35)9-6-11-38(43)58-47(65)40-12-16-56-69-40)48(66)31-8-5-7-30(21-31)33-22-39(57-28(2)62)44-41(42(33)51)36(25-55-44)46(64)49(67)59-17-13-29(14-18-59)34(23-52)37-10-3-4-15-53-37/h3-12,15-16,21-22,24-25,27,54-55H,13-14,17-20,26H2,1-2H3,(H,57,62)(H,58,65). The number of ketones is 2. The van der Waals surface area contributed by atoms with E-state index in [4.69, 9.17) is 4.52 Å². The molecule has 1 unspecified atom stereocenters. The van der Waals surface area contributed by atoms with Crippen molar-refractivity contribution in [3.05, 3.63) is 137 Å². The highest BCUT2D eigenvalue weighted by molar-refractivity contribution is 6.46. The summed E-state index contributed by atoms with van der Waals surface area (Å²) in [5.74, 6) is -5.72. The van der Waals surface area contributed by atoms with Gasteiger partial charge in [0.2, 0.25) is 11.7 Å². The number of allylic oxidation sites excluding steroid dienone is 1. The number of aromatic amines is 2. The summed E-state index contributed by atoms with van der Waals surface area (Å²) >= 11 is 0. The van der Waals surface area contributed by atoms with E-state index in [1.807, 2.05) is 0 Å². The number of carbonyl (C=O) groups is 7. The number of nitrogens with zero attached hydrogens (tertiary/aromatic N) is 6. The molecule has 5 amide bonds. The molecule has 2 fully saturated rings. The van der Waals surface area contributed by atoms with Gasteiger partial charge in [0.05, 0.1) is 51.0 Å². The predicted octanol–water partition coefficient (Wildman–Crippen LogP) is 6.39. The van der Waals surface area contributed by atoms with E-state index >= 15 is 4.39 Å². The van der Waals surface area contributed by atoms with Crippen LogP contribution in [-0.2, 0) is 14.4 Å². The maximum atomic E-state index is 17.0. The summed E-state index contributed by atoms with van der Waals surface area (Å²) < 4.78 is 21.9. The van der Waals surface area contributed by atoms with Gasteiger partial charge in [-0.3, -0.25) is 38.5 Å². The molecule has 0 aliphatic carbocycles. The third-order valence-electron chi connectivity index (χ3n) is 12.3. The van der Waals surface area contributed by atoms with E-state index in [1.165, 1.54) is 58.4 Å². The number of hydrogen-bond acceptors (Lipinski definition) is 11. The minimum absolute atomic E-state index is 0.0129. The quantitative estimate of drug-likeness (QED) is 0.0665. The fraction of sp³-hybridized carbons (Fsp3) is 0.200. The smallest absolute Gasteiger partial charge is 0.295 e. The molecule has 7 aromatic rings. The zero-order chi connectivity index (χ0) is 48.5. The molecule has 0 spiro atoms. The highest BCUT2D eigenvalue weighted by Crippen LogP contribution is 2.37. The lowest BCUT2D eigenvalue weighted by Crippen LogP contribution is -2.56. The Bertz CT molecular complexity index is 3320. The molecule has 0 radical (unpaired) electrons. The number of H-pyrrole nitrogens is 2. The van der Waals surface area contributed by atoms with Crippen LogP contribution in [0.3, 0.4) is 0 Å². The topological polar surface area (TPSA) is 248 Å². The maximum Gasteiger partial charge on any atom is 0.295 e. The van der Waals surface area contributed by atoms with Crippen molar-refractivity contribution in [3.63, 3.8) is 0 Å². The molecular formula is C50H41FN10O8. The van der Waals surface area contributed by atoms with Gasteiger partial charge in [0.25, 0.3) is 35.2 Å². The average molecular weight is 929 g/mol. The van der Waals surface area contributed by atoms with Crippen LogP contribution in [0.1, 0.15) is 74.0 Å². The third-order valence-corrected chi connectivity index (χ3v) is 12.3. The summed E-state index contributed by atoms with van der Waals surface area (Å²) in [6, 6.07) is 20.7. The Labute approximate surface area is 391 Å². The van der Waals surface area contributed by atoms with Crippen molar-refractivity contribution in [3.8, 4) is 17.2 Å². The molecule has 19 heteroatoms. The summed E-state index contributed by atoms with van der Waals surface area (Å²) in [5, 5.41) is 19.0. The number of Topliss-reactive ketones (excluding diaryl/α,β-unsaturated/α-hetero) is 2. The molecule has 0 bridgehead atoms. The summed E-state index contributed by atoms with van der Waals surface area (Å²) in [7, 11) is 0. The molecule has 1 atom stereocenters. The number of rotatable bonds is 10. The number of fused-ring (bicyclic) bond motifs is 2. The second kappa shape index (κ2) is 18.7. The Kier molecular flexibility index (Phi) is 12.2. The number of aromatic nitrogens is 4. The van der Waals surface area contributed by atoms with E-state index in [0.717, 1.165) is 5.57 Å². The number of nitriles is 1. The van der Waals surface area contributed by atoms with Crippen LogP contribution in [0.5, 0.6) is 0 Å². The van der Waals surface area contributed by atoms with Crippen molar-refractivity contribution >= 4 is 79.9 Å². The molecule has 6 heterocycles. The third kappa shape index (κ3) is 8.62. The van der Waals surface area contributed by atoms with Crippen LogP contribution in [0, 0.1) is 17.1 Å². The largest absolute Gasteiger partial charge is 0.359 e. The van der Waals surface area contributed by atoms with Gasteiger partial charge in [0.1, 0.15) is 11.9 Å². The Hall–Kier alpha value is -9.05. The van der Waals surface area contributed by atoms with Gasteiger partial charge in [-0.25, -0.2) is 4.39 Å². The van der Waals surface area contributed by atoms with Gasteiger partial charge in [0, 0.05) is 92.2 Å². The molecule has 4 N–H and O–H groups in total. The molecule has 18 nitrogen and oxygen atoms in total. The zero-order valence-corrected chi connectivity index (χ0v) is 37.1. The number of piperazine rings is 1. The number of hydrogen-bond donors (Lipinski definition) is 4.